The van der Waals surface area contributed by atoms with Gasteiger partial charge in [0.05, 0.1) is 4.91 Å². The average molecular weight is 400 g/mol. The van der Waals surface area contributed by atoms with E-state index in [2.05, 4.69) is 13.0 Å². The Bertz CT molecular complexity index is 908. The molecule has 0 bridgehead atoms. The average Bonchev–Trinajstić information content (AvgIpc) is 2.87. The Morgan fingerprint density at radius 2 is 1.89 bits per heavy atom. The molecule has 0 aliphatic carbocycles. The molecule has 0 atom stereocenters. The van der Waals surface area contributed by atoms with Crippen LogP contribution in [0.3, 0.4) is 0 Å². The van der Waals surface area contributed by atoms with Crippen LogP contribution in [0.4, 0.5) is 0 Å². The number of carbonyl (C=O) groups excluding carboxylic acids is 1. The first-order valence-corrected chi connectivity index (χ1v) is 9.81. The van der Waals surface area contributed by atoms with Crippen LogP contribution >= 0.6 is 24.0 Å². The van der Waals surface area contributed by atoms with Gasteiger partial charge >= 0.3 is 0 Å². The molecule has 0 spiro atoms. The van der Waals surface area contributed by atoms with Crippen LogP contribution in [0.1, 0.15) is 16.7 Å². The minimum Gasteiger partial charge on any atom is -0.490 e. The van der Waals surface area contributed by atoms with Gasteiger partial charge in [-0.2, -0.15) is 0 Å². The highest BCUT2D eigenvalue weighted by Crippen LogP contribution is 2.31. The van der Waals surface area contributed by atoms with Crippen LogP contribution in [-0.2, 0) is 4.79 Å². The fourth-order valence-electron chi connectivity index (χ4n) is 2.66. The topological polar surface area (TPSA) is 38.8 Å². The van der Waals surface area contributed by atoms with E-state index in [9.17, 15) is 4.79 Å². The monoisotopic (exact) mass is 399 g/mol. The van der Waals surface area contributed by atoms with Crippen molar-refractivity contribution in [3.05, 3.63) is 64.1 Å². The Morgan fingerprint density at radius 3 is 2.59 bits per heavy atom. The normalized spacial score (nSPS) is 15.5. The van der Waals surface area contributed by atoms with E-state index in [4.69, 9.17) is 21.7 Å². The summed E-state index contributed by atoms with van der Waals surface area (Å²) in [6.07, 6.45) is 1.84. The van der Waals surface area contributed by atoms with E-state index in [1.54, 1.807) is 7.05 Å². The van der Waals surface area contributed by atoms with E-state index in [0.29, 0.717) is 22.4 Å². The van der Waals surface area contributed by atoms with Gasteiger partial charge in [-0.25, -0.2) is 0 Å². The molecule has 1 aliphatic heterocycles. The highest BCUT2D eigenvalue weighted by Gasteiger charge is 2.28. The number of benzene rings is 2. The van der Waals surface area contributed by atoms with Gasteiger partial charge in [0.15, 0.2) is 0 Å². The third kappa shape index (κ3) is 4.90. The molecule has 0 aromatic heterocycles. The third-order valence-electron chi connectivity index (χ3n) is 4.08. The summed E-state index contributed by atoms with van der Waals surface area (Å²) < 4.78 is 12.1. The van der Waals surface area contributed by atoms with Crippen LogP contribution in [0.25, 0.3) is 6.08 Å². The van der Waals surface area contributed by atoms with Crippen molar-refractivity contribution < 1.29 is 14.3 Å². The van der Waals surface area contributed by atoms with Gasteiger partial charge in [0.25, 0.3) is 5.91 Å². The Kier molecular flexibility index (Phi) is 6.19. The second-order valence-corrected chi connectivity index (χ2v) is 7.95. The first kappa shape index (κ1) is 19.5. The van der Waals surface area contributed by atoms with Crippen molar-refractivity contribution in [2.75, 3.05) is 20.3 Å². The fourth-order valence-corrected chi connectivity index (χ4v) is 3.84. The zero-order valence-corrected chi connectivity index (χ0v) is 17.2. The summed E-state index contributed by atoms with van der Waals surface area (Å²) in [4.78, 5) is 14.2. The molecule has 1 saturated heterocycles. The summed E-state index contributed by atoms with van der Waals surface area (Å²) in [6.45, 7) is 4.99. The smallest absolute Gasteiger partial charge is 0.265 e. The largest absolute Gasteiger partial charge is 0.490 e. The van der Waals surface area contributed by atoms with Crippen molar-refractivity contribution >= 4 is 40.3 Å². The molecule has 0 radical (unpaired) electrons. The van der Waals surface area contributed by atoms with Crippen LogP contribution in [-0.4, -0.2) is 35.4 Å². The predicted molar refractivity (Wildman–Crippen MR) is 114 cm³/mol. The lowest BCUT2D eigenvalue weighted by Crippen LogP contribution is -2.22. The SMILES string of the molecule is Cc1ccc(OCCOc2cccc(/C=C3\SC(=S)N(C)C3=O)c2)c(C)c1. The summed E-state index contributed by atoms with van der Waals surface area (Å²) in [5.41, 5.74) is 3.23. The van der Waals surface area contributed by atoms with Crippen molar-refractivity contribution in [3.8, 4) is 11.5 Å². The molecule has 0 unspecified atom stereocenters. The second kappa shape index (κ2) is 8.59. The molecular weight excluding hydrogens is 378 g/mol. The number of hydrogen-bond donors (Lipinski definition) is 0. The molecule has 4 nitrogen and oxygen atoms in total. The van der Waals surface area contributed by atoms with E-state index in [1.807, 2.05) is 49.4 Å². The first-order chi connectivity index (χ1) is 12.9. The molecule has 1 amide bonds. The number of thiocarbonyl (C=S) groups is 1. The Hall–Kier alpha value is -2.31. The summed E-state index contributed by atoms with van der Waals surface area (Å²) in [5, 5.41) is 0. The molecule has 6 heteroatoms. The number of carbonyl (C=O) groups is 1. The number of amides is 1. The number of likely N-dealkylation sites (N-methyl/N-ethyl adjacent to an activating group) is 1. The van der Waals surface area contributed by atoms with E-state index < -0.39 is 0 Å². The van der Waals surface area contributed by atoms with Gasteiger partial charge in [-0.15, -0.1) is 0 Å². The summed E-state index contributed by atoms with van der Waals surface area (Å²) in [7, 11) is 1.69. The minimum atomic E-state index is -0.0711. The van der Waals surface area contributed by atoms with Crippen molar-refractivity contribution in [2.45, 2.75) is 13.8 Å². The van der Waals surface area contributed by atoms with Crippen LogP contribution in [0.2, 0.25) is 0 Å². The maximum Gasteiger partial charge on any atom is 0.265 e. The van der Waals surface area contributed by atoms with Crippen LogP contribution in [0.5, 0.6) is 11.5 Å². The summed E-state index contributed by atoms with van der Waals surface area (Å²) >= 11 is 6.47. The maximum absolute atomic E-state index is 12.1. The Balaban J connectivity index is 1.57. The van der Waals surface area contributed by atoms with Gasteiger partial charge in [0.1, 0.15) is 29.0 Å². The highest BCUT2D eigenvalue weighted by molar-refractivity contribution is 8.26. The van der Waals surface area contributed by atoms with E-state index in [0.717, 1.165) is 22.6 Å². The summed E-state index contributed by atoms with van der Waals surface area (Å²) in [5.74, 6) is 1.54. The van der Waals surface area contributed by atoms with Gasteiger partial charge in [-0.05, 0) is 49.2 Å². The number of hydrogen-bond acceptors (Lipinski definition) is 5. The molecular formula is C21H21NO3S2. The standard InChI is InChI=1S/C21H21NO3S2/c1-14-7-8-18(15(2)11-14)25-10-9-24-17-6-4-5-16(12-17)13-19-20(23)22(3)21(26)27-19/h4-8,11-13H,9-10H2,1-3H3/b19-13-. The molecule has 1 heterocycles. The molecule has 0 saturated carbocycles. The zero-order valence-electron chi connectivity index (χ0n) is 15.5. The lowest BCUT2D eigenvalue weighted by molar-refractivity contribution is -0.121. The zero-order chi connectivity index (χ0) is 19.4. The van der Waals surface area contributed by atoms with Gasteiger partial charge < -0.3 is 9.47 Å². The number of rotatable bonds is 6. The highest BCUT2D eigenvalue weighted by atomic mass is 32.2. The fraction of sp³-hybridized carbons (Fsp3) is 0.238. The molecule has 2 aromatic carbocycles. The van der Waals surface area contributed by atoms with Crippen molar-refractivity contribution in [3.63, 3.8) is 0 Å². The number of ether oxygens (including phenoxy) is 2. The van der Waals surface area contributed by atoms with Crippen LogP contribution in [0, 0.1) is 13.8 Å². The second-order valence-electron chi connectivity index (χ2n) is 6.28. The Morgan fingerprint density at radius 1 is 1.11 bits per heavy atom. The van der Waals surface area contributed by atoms with E-state index >= 15 is 0 Å². The number of thioether (sulfide) groups is 1. The van der Waals surface area contributed by atoms with Crippen LogP contribution < -0.4 is 9.47 Å². The van der Waals surface area contributed by atoms with Crippen molar-refractivity contribution in [1.29, 1.82) is 0 Å². The maximum atomic E-state index is 12.1. The molecule has 1 aliphatic rings. The van der Waals surface area contributed by atoms with Crippen LogP contribution in [0.15, 0.2) is 47.4 Å². The van der Waals surface area contributed by atoms with Gasteiger partial charge in [0.2, 0.25) is 0 Å². The quantitative estimate of drug-likeness (QED) is 0.403. The molecule has 3 rings (SSSR count). The lowest BCUT2D eigenvalue weighted by atomic mass is 10.1. The molecule has 27 heavy (non-hydrogen) atoms. The van der Waals surface area contributed by atoms with Crippen molar-refractivity contribution in [1.82, 2.24) is 4.90 Å². The van der Waals surface area contributed by atoms with Gasteiger partial charge in [-0.3, -0.25) is 9.69 Å². The first-order valence-electron chi connectivity index (χ1n) is 8.58. The third-order valence-corrected chi connectivity index (χ3v) is 5.57. The number of aryl methyl sites for hydroxylation is 2. The Labute approximate surface area is 169 Å². The van der Waals surface area contributed by atoms with E-state index in [1.165, 1.54) is 22.2 Å². The minimum absolute atomic E-state index is 0.0711. The molecule has 2 aromatic rings. The predicted octanol–water partition coefficient (Wildman–Crippen LogP) is 4.59. The van der Waals surface area contributed by atoms with E-state index in [-0.39, 0.29) is 5.91 Å². The summed E-state index contributed by atoms with van der Waals surface area (Å²) in [6, 6.07) is 13.7. The number of nitrogens with zero attached hydrogens (tertiary/aromatic N) is 1. The molecule has 0 N–H and O–H groups in total. The van der Waals surface area contributed by atoms with Gasteiger partial charge in [-0.1, -0.05) is 53.8 Å². The lowest BCUT2D eigenvalue weighted by Gasteiger charge is -2.11. The van der Waals surface area contributed by atoms with Crippen molar-refractivity contribution in [2.24, 2.45) is 0 Å². The molecule has 140 valence electrons. The van der Waals surface area contributed by atoms with Gasteiger partial charge in [0, 0.05) is 7.05 Å². The molecule has 1 fully saturated rings.